The summed E-state index contributed by atoms with van der Waals surface area (Å²) in [7, 11) is 0. The molecule has 5 heteroatoms. The number of nitriles is 1. The van der Waals surface area contributed by atoms with E-state index >= 15 is 0 Å². The minimum atomic E-state index is -0.274. The van der Waals surface area contributed by atoms with Crippen LogP contribution in [0.15, 0.2) is 54.6 Å². The summed E-state index contributed by atoms with van der Waals surface area (Å²) in [6.45, 7) is 3.94. The van der Waals surface area contributed by atoms with Gasteiger partial charge in [0.05, 0.1) is 15.8 Å². The third kappa shape index (κ3) is 3.16. The second-order valence-electron chi connectivity index (χ2n) is 6.30. The van der Waals surface area contributed by atoms with Gasteiger partial charge in [0.1, 0.15) is 16.9 Å². The molecule has 132 valence electrons. The van der Waals surface area contributed by atoms with E-state index in [2.05, 4.69) is 11.1 Å². The topological polar surface area (TPSA) is 41.6 Å². The zero-order valence-corrected chi connectivity index (χ0v) is 15.7. The van der Waals surface area contributed by atoms with Crippen molar-refractivity contribution in [3.8, 4) is 11.8 Å². The Kier molecular flexibility index (Phi) is 4.35. The fourth-order valence-electron chi connectivity index (χ4n) is 3.23. The molecule has 2 heterocycles. The number of para-hydroxylation sites is 1. The van der Waals surface area contributed by atoms with Crippen molar-refractivity contribution in [1.82, 2.24) is 9.55 Å². The van der Waals surface area contributed by atoms with Crippen LogP contribution in [0.25, 0.3) is 27.6 Å². The molecule has 0 saturated carbocycles. The quantitative estimate of drug-likeness (QED) is 0.419. The van der Waals surface area contributed by atoms with E-state index in [0.29, 0.717) is 10.6 Å². The largest absolute Gasteiger partial charge is 0.318 e. The fourth-order valence-corrected chi connectivity index (χ4v) is 4.16. The number of thiazole rings is 1. The Bertz CT molecular complexity index is 1190. The van der Waals surface area contributed by atoms with Crippen molar-refractivity contribution in [2.45, 2.75) is 13.8 Å². The van der Waals surface area contributed by atoms with Gasteiger partial charge in [-0.1, -0.05) is 18.2 Å². The molecule has 0 fully saturated rings. The van der Waals surface area contributed by atoms with E-state index in [-0.39, 0.29) is 5.82 Å². The molecule has 2 aromatic carbocycles. The van der Waals surface area contributed by atoms with Gasteiger partial charge in [0, 0.05) is 17.1 Å². The van der Waals surface area contributed by atoms with Gasteiger partial charge in [0.2, 0.25) is 0 Å². The first-order chi connectivity index (χ1) is 13.1. The second kappa shape index (κ2) is 6.82. The molecule has 0 aliphatic carbocycles. The molecule has 0 bridgehead atoms. The average Bonchev–Trinajstić information content (AvgIpc) is 3.20. The molecule has 0 radical (unpaired) electrons. The van der Waals surface area contributed by atoms with Crippen LogP contribution < -0.4 is 0 Å². The summed E-state index contributed by atoms with van der Waals surface area (Å²) < 4.78 is 16.7. The van der Waals surface area contributed by atoms with Crippen molar-refractivity contribution in [2.75, 3.05) is 0 Å². The van der Waals surface area contributed by atoms with Gasteiger partial charge in [-0.2, -0.15) is 5.26 Å². The van der Waals surface area contributed by atoms with Gasteiger partial charge in [0.25, 0.3) is 0 Å². The lowest BCUT2D eigenvalue weighted by atomic mass is 10.1. The Labute approximate surface area is 160 Å². The summed E-state index contributed by atoms with van der Waals surface area (Å²) in [6, 6.07) is 18.6. The first-order valence-corrected chi connectivity index (χ1v) is 9.31. The van der Waals surface area contributed by atoms with Crippen LogP contribution >= 0.6 is 11.3 Å². The van der Waals surface area contributed by atoms with E-state index in [0.717, 1.165) is 32.9 Å². The van der Waals surface area contributed by atoms with Crippen molar-refractivity contribution in [2.24, 2.45) is 0 Å². The minimum Gasteiger partial charge on any atom is -0.318 e. The molecule has 0 saturated heterocycles. The Morgan fingerprint density at radius 3 is 2.70 bits per heavy atom. The number of nitrogens with zero attached hydrogens (tertiary/aromatic N) is 3. The molecule has 0 spiro atoms. The van der Waals surface area contributed by atoms with Crippen LogP contribution in [0.5, 0.6) is 0 Å². The van der Waals surface area contributed by atoms with E-state index in [1.807, 2.05) is 60.9 Å². The highest BCUT2D eigenvalue weighted by molar-refractivity contribution is 7.19. The Hall–Kier alpha value is -3.23. The number of allylic oxidation sites excluding steroid dienone is 1. The van der Waals surface area contributed by atoms with Crippen LogP contribution in [-0.4, -0.2) is 9.55 Å². The summed E-state index contributed by atoms with van der Waals surface area (Å²) in [5, 5.41) is 10.4. The zero-order chi connectivity index (χ0) is 19.0. The van der Waals surface area contributed by atoms with Crippen molar-refractivity contribution in [1.29, 1.82) is 5.26 Å². The van der Waals surface area contributed by atoms with Gasteiger partial charge in [-0.15, -0.1) is 11.3 Å². The molecule has 0 atom stereocenters. The highest BCUT2D eigenvalue weighted by Gasteiger charge is 2.13. The number of hydrogen-bond donors (Lipinski definition) is 0. The van der Waals surface area contributed by atoms with E-state index in [4.69, 9.17) is 0 Å². The van der Waals surface area contributed by atoms with E-state index in [1.54, 1.807) is 6.07 Å². The molecular weight excluding hydrogens is 357 g/mol. The molecule has 0 aliphatic rings. The van der Waals surface area contributed by atoms with Crippen molar-refractivity contribution in [3.63, 3.8) is 0 Å². The maximum absolute atomic E-state index is 13.6. The standard InChI is InChI=1S/C22H16FN3S/c1-14-10-16(15(2)26(14)19-7-5-6-18(23)12-19)11-17(13-24)22-25-20-8-3-4-9-21(20)27-22/h3-12H,1-2H3/b17-11-. The monoisotopic (exact) mass is 373 g/mol. The van der Waals surface area contributed by atoms with Crippen LogP contribution in [-0.2, 0) is 0 Å². The summed E-state index contributed by atoms with van der Waals surface area (Å²) >= 11 is 1.51. The third-order valence-electron chi connectivity index (χ3n) is 4.48. The second-order valence-corrected chi connectivity index (χ2v) is 7.33. The molecule has 2 aromatic heterocycles. The fraction of sp³-hybridized carbons (Fsp3) is 0.0909. The van der Waals surface area contributed by atoms with E-state index < -0.39 is 0 Å². The molecular formula is C22H16FN3S. The number of aryl methyl sites for hydroxylation is 1. The molecule has 4 aromatic rings. The van der Waals surface area contributed by atoms with Gasteiger partial charge in [-0.05, 0) is 61.9 Å². The lowest BCUT2D eigenvalue weighted by molar-refractivity contribution is 0.626. The van der Waals surface area contributed by atoms with Crippen LogP contribution in [0.3, 0.4) is 0 Å². The normalized spacial score (nSPS) is 11.7. The van der Waals surface area contributed by atoms with Crippen molar-refractivity contribution < 1.29 is 4.39 Å². The predicted molar refractivity (Wildman–Crippen MR) is 108 cm³/mol. The van der Waals surface area contributed by atoms with Gasteiger partial charge < -0.3 is 4.57 Å². The van der Waals surface area contributed by atoms with Crippen molar-refractivity contribution in [3.05, 3.63) is 82.4 Å². The number of halogens is 1. The number of aromatic nitrogens is 2. The molecule has 0 unspecified atom stereocenters. The maximum atomic E-state index is 13.6. The molecule has 0 aliphatic heterocycles. The lowest BCUT2D eigenvalue weighted by Crippen LogP contribution is -1.99. The summed E-state index contributed by atoms with van der Waals surface area (Å²) in [4.78, 5) is 4.58. The summed E-state index contributed by atoms with van der Waals surface area (Å²) in [5.41, 5.74) is 5.04. The van der Waals surface area contributed by atoms with Crippen LogP contribution in [0.2, 0.25) is 0 Å². The highest BCUT2D eigenvalue weighted by atomic mass is 32.1. The average molecular weight is 373 g/mol. The molecule has 3 nitrogen and oxygen atoms in total. The smallest absolute Gasteiger partial charge is 0.135 e. The van der Waals surface area contributed by atoms with E-state index in [1.165, 1.54) is 23.5 Å². The van der Waals surface area contributed by atoms with Gasteiger partial charge in [0.15, 0.2) is 0 Å². The molecule has 4 rings (SSSR count). The Morgan fingerprint density at radius 2 is 1.96 bits per heavy atom. The van der Waals surface area contributed by atoms with Crippen molar-refractivity contribution >= 4 is 33.2 Å². The minimum absolute atomic E-state index is 0.274. The number of hydrogen-bond acceptors (Lipinski definition) is 3. The first kappa shape index (κ1) is 17.2. The number of benzene rings is 2. The molecule has 0 N–H and O–H groups in total. The third-order valence-corrected chi connectivity index (χ3v) is 5.55. The zero-order valence-electron chi connectivity index (χ0n) is 14.9. The Balaban J connectivity index is 1.81. The Morgan fingerprint density at radius 1 is 1.15 bits per heavy atom. The van der Waals surface area contributed by atoms with Gasteiger partial charge >= 0.3 is 0 Å². The molecule has 0 amide bonds. The number of rotatable bonds is 3. The van der Waals surface area contributed by atoms with Crippen LogP contribution in [0, 0.1) is 31.0 Å². The maximum Gasteiger partial charge on any atom is 0.135 e. The van der Waals surface area contributed by atoms with Crippen LogP contribution in [0.4, 0.5) is 4.39 Å². The highest BCUT2D eigenvalue weighted by Crippen LogP contribution is 2.30. The summed E-state index contributed by atoms with van der Waals surface area (Å²) in [5.74, 6) is -0.274. The SMILES string of the molecule is Cc1cc(/C=C(/C#N)c2nc3ccccc3s2)c(C)n1-c1cccc(F)c1. The van der Waals surface area contributed by atoms with E-state index in [9.17, 15) is 9.65 Å². The predicted octanol–water partition coefficient (Wildman–Crippen LogP) is 5.91. The summed E-state index contributed by atoms with van der Waals surface area (Å²) in [6.07, 6.45) is 1.86. The number of fused-ring (bicyclic) bond motifs is 1. The van der Waals surface area contributed by atoms with Gasteiger partial charge in [-0.25, -0.2) is 9.37 Å². The van der Waals surface area contributed by atoms with Gasteiger partial charge in [-0.3, -0.25) is 0 Å². The lowest BCUT2D eigenvalue weighted by Gasteiger charge is -2.09. The molecule has 27 heavy (non-hydrogen) atoms. The van der Waals surface area contributed by atoms with Crippen LogP contribution in [0.1, 0.15) is 22.0 Å². The first-order valence-electron chi connectivity index (χ1n) is 8.49.